The smallest absolute Gasteiger partial charge is 0.0946 e. The average molecular weight is 275 g/mol. The van der Waals surface area contributed by atoms with Crippen LogP contribution in [0.4, 0.5) is 0 Å². The molecule has 110 valence electrons. The van der Waals surface area contributed by atoms with Gasteiger partial charge in [-0.15, -0.1) is 0 Å². The van der Waals surface area contributed by atoms with Crippen LogP contribution in [0.25, 0.3) is 0 Å². The van der Waals surface area contributed by atoms with Gasteiger partial charge in [-0.05, 0) is 18.4 Å². The first-order valence-electron chi connectivity index (χ1n) is 7.07. The van der Waals surface area contributed by atoms with E-state index in [1.807, 2.05) is 36.6 Å². The fourth-order valence-corrected chi connectivity index (χ4v) is 2.38. The molecule has 0 aromatic carbocycles. The van der Waals surface area contributed by atoms with E-state index in [-0.39, 0.29) is 11.5 Å². The van der Waals surface area contributed by atoms with Gasteiger partial charge in [0.1, 0.15) is 0 Å². The fraction of sp³-hybridized carbons (Fsp3) is 0.600. The Bertz CT molecular complexity index is 521. The van der Waals surface area contributed by atoms with Crippen LogP contribution in [0.15, 0.2) is 31.0 Å². The molecule has 0 fully saturated rings. The Balaban J connectivity index is 2.10. The van der Waals surface area contributed by atoms with E-state index in [4.69, 9.17) is 0 Å². The summed E-state index contributed by atoms with van der Waals surface area (Å²) in [6.45, 7) is 9.88. The largest absolute Gasteiger partial charge is 0.336 e. The van der Waals surface area contributed by atoms with E-state index in [2.05, 4.69) is 53.7 Å². The lowest BCUT2D eigenvalue weighted by molar-refractivity contribution is 0.223. The first-order chi connectivity index (χ1) is 9.38. The molecule has 1 N–H and O–H groups in total. The van der Waals surface area contributed by atoms with E-state index in [0.717, 1.165) is 6.54 Å². The average Bonchev–Trinajstić information content (AvgIpc) is 2.98. The Morgan fingerprint density at radius 2 is 2.05 bits per heavy atom. The minimum absolute atomic E-state index is 0.164. The Kier molecular flexibility index (Phi) is 4.28. The van der Waals surface area contributed by atoms with Crippen LogP contribution in [0.2, 0.25) is 0 Å². The van der Waals surface area contributed by atoms with Gasteiger partial charge in [-0.2, -0.15) is 5.10 Å². The van der Waals surface area contributed by atoms with Gasteiger partial charge in [0.15, 0.2) is 0 Å². The van der Waals surface area contributed by atoms with E-state index in [0.29, 0.717) is 6.04 Å². The van der Waals surface area contributed by atoms with Crippen LogP contribution >= 0.6 is 0 Å². The Morgan fingerprint density at radius 3 is 2.55 bits per heavy atom. The second-order valence-electron chi connectivity index (χ2n) is 6.45. The van der Waals surface area contributed by atoms with E-state index in [1.165, 1.54) is 5.69 Å². The van der Waals surface area contributed by atoms with Crippen molar-refractivity contribution in [3.63, 3.8) is 0 Å². The molecular formula is C15H25N5. The molecule has 0 bridgehead atoms. The first-order valence-corrected chi connectivity index (χ1v) is 7.07. The molecule has 5 nitrogen and oxygen atoms in total. The van der Waals surface area contributed by atoms with Crippen molar-refractivity contribution in [1.82, 2.24) is 24.6 Å². The van der Waals surface area contributed by atoms with Crippen LogP contribution in [0, 0.1) is 5.41 Å². The molecule has 0 aliphatic rings. The van der Waals surface area contributed by atoms with Gasteiger partial charge in [0.25, 0.3) is 0 Å². The normalized spacial score (nSPS) is 15.2. The standard InChI is InChI=1S/C15H25N5/c1-12(13-6-7-17-19(13)5)18-14(15(2,3)4)10-20-9-8-16-11-20/h6-9,11-12,14,18H,10H2,1-5H3. The molecule has 2 unspecified atom stereocenters. The summed E-state index contributed by atoms with van der Waals surface area (Å²) >= 11 is 0. The molecule has 2 rings (SSSR count). The third-order valence-corrected chi connectivity index (χ3v) is 3.75. The monoisotopic (exact) mass is 275 g/mol. The molecule has 0 aliphatic heterocycles. The fourth-order valence-electron chi connectivity index (χ4n) is 2.38. The summed E-state index contributed by atoms with van der Waals surface area (Å²) in [5.41, 5.74) is 1.36. The summed E-state index contributed by atoms with van der Waals surface area (Å²) in [5.74, 6) is 0. The zero-order valence-electron chi connectivity index (χ0n) is 13.0. The molecule has 2 heterocycles. The lowest BCUT2D eigenvalue weighted by Gasteiger charge is -2.34. The molecule has 0 aliphatic carbocycles. The summed E-state index contributed by atoms with van der Waals surface area (Å²) < 4.78 is 4.05. The summed E-state index contributed by atoms with van der Waals surface area (Å²) in [6, 6.07) is 2.67. The number of nitrogens with zero attached hydrogens (tertiary/aromatic N) is 4. The van der Waals surface area contributed by atoms with Crippen molar-refractivity contribution >= 4 is 0 Å². The molecule has 0 saturated carbocycles. The van der Waals surface area contributed by atoms with Gasteiger partial charge < -0.3 is 9.88 Å². The predicted molar refractivity (Wildman–Crippen MR) is 80.2 cm³/mol. The van der Waals surface area contributed by atoms with E-state index >= 15 is 0 Å². The summed E-state index contributed by atoms with van der Waals surface area (Å²) in [5, 5.41) is 7.97. The van der Waals surface area contributed by atoms with Crippen LogP contribution < -0.4 is 5.32 Å². The zero-order valence-corrected chi connectivity index (χ0v) is 13.0. The van der Waals surface area contributed by atoms with Crippen molar-refractivity contribution in [1.29, 1.82) is 0 Å². The Hall–Kier alpha value is -1.62. The highest BCUT2D eigenvalue weighted by molar-refractivity contribution is 5.06. The van der Waals surface area contributed by atoms with Gasteiger partial charge in [-0.25, -0.2) is 4.98 Å². The number of nitrogens with one attached hydrogen (secondary N) is 1. The number of aromatic nitrogens is 4. The van der Waals surface area contributed by atoms with Crippen LogP contribution in [-0.4, -0.2) is 25.4 Å². The Morgan fingerprint density at radius 1 is 1.30 bits per heavy atom. The lowest BCUT2D eigenvalue weighted by Crippen LogP contribution is -2.44. The number of hydrogen-bond donors (Lipinski definition) is 1. The topological polar surface area (TPSA) is 47.7 Å². The quantitative estimate of drug-likeness (QED) is 0.911. The molecule has 2 atom stereocenters. The van der Waals surface area contributed by atoms with Crippen molar-refractivity contribution in [3.05, 3.63) is 36.7 Å². The molecular weight excluding hydrogens is 250 g/mol. The molecule has 0 spiro atoms. The second kappa shape index (κ2) is 5.79. The molecule has 5 heteroatoms. The maximum atomic E-state index is 4.24. The number of aryl methyl sites for hydroxylation is 1. The summed E-state index contributed by atoms with van der Waals surface area (Å²) in [7, 11) is 1.98. The lowest BCUT2D eigenvalue weighted by atomic mass is 9.86. The summed E-state index contributed by atoms with van der Waals surface area (Å²) in [6.07, 6.45) is 7.55. The van der Waals surface area contributed by atoms with Crippen molar-refractivity contribution < 1.29 is 0 Å². The van der Waals surface area contributed by atoms with Crippen molar-refractivity contribution in [2.75, 3.05) is 0 Å². The molecule has 2 aromatic heterocycles. The highest BCUT2D eigenvalue weighted by Gasteiger charge is 2.27. The van der Waals surface area contributed by atoms with Crippen LogP contribution in [-0.2, 0) is 13.6 Å². The molecule has 0 radical (unpaired) electrons. The number of imidazole rings is 1. The van der Waals surface area contributed by atoms with Gasteiger partial charge in [-0.3, -0.25) is 4.68 Å². The molecule has 0 amide bonds. The molecule has 2 aromatic rings. The van der Waals surface area contributed by atoms with Crippen molar-refractivity contribution in [3.8, 4) is 0 Å². The van der Waals surface area contributed by atoms with Gasteiger partial charge in [-0.1, -0.05) is 20.8 Å². The SMILES string of the molecule is CC(NC(Cn1ccnc1)C(C)(C)C)c1ccnn1C. The van der Waals surface area contributed by atoms with E-state index in [1.54, 1.807) is 0 Å². The highest BCUT2D eigenvalue weighted by Crippen LogP contribution is 2.24. The first kappa shape index (κ1) is 14.8. The molecule has 20 heavy (non-hydrogen) atoms. The maximum Gasteiger partial charge on any atom is 0.0946 e. The van der Waals surface area contributed by atoms with E-state index in [9.17, 15) is 0 Å². The van der Waals surface area contributed by atoms with E-state index < -0.39 is 0 Å². The molecule has 0 saturated heterocycles. The van der Waals surface area contributed by atoms with Gasteiger partial charge in [0.2, 0.25) is 0 Å². The third kappa shape index (κ3) is 3.48. The minimum atomic E-state index is 0.164. The zero-order chi connectivity index (χ0) is 14.8. The van der Waals surface area contributed by atoms with Gasteiger partial charge in [0, 0.05) is 44.3 Å². The van der Waals surface area contributed by atoms with Crippen molar-refractivity contribution in [2.45, 2.75) is 46.3 Å². The summed E-state index contributed by atoms with van der Waals surface area (Å²) in [4.78, 5) is 4.12. The highest BCUT2D eigenvalue weighted by atomic mass is 15.3. The van der Waals surface area contributed by atoms with Crippen LogP contribution in [0.5, 0.6) is 0 Å². The minimum Gasteiger partial charge on any atom is -0.336 e. The third-order valence-electron chi connectivity index (χ3n) is 3.75. The number of hydrogen-bond acceptors (Lipinski definition) is 3. The Labute approximate surface area is 121 Å². The second-order valence-corrected chi connectivity index (χ2v) is 6.45. The van der Waals surface area contributed by atoms with Gasteiger partial charge in [0.05, 0.1) is 12.0 Å². The van der Waals surface area contributed by atoms with Crippen molar-refractivity contribution in [2.24, 2.45) is 12.5 Å². The maximum absolute atomic E-state index is 4.24. The number of rotatable bonds is 5. The van der Waals surface area contributed by atoms with Crippen LogP contribution in [0.3, 0.4) is 0 Å². The van der Waals surface area contributed by atoms with Gasteiger partial charge >= 0.3 is 0 Å². The predicted octanol–water partition coefficient (Wildman–Crippen LogP) is 2.38. The van der Waals surface area contributed by atoms with Crippen LogP contribution in [0.1, 0.15) is 39.4 Å².